The molecule has 3 atom stereocenters. The Labute approximate surface area is 160 Å². The normalized spacial score (nSPS) is 21.2. The highest BCUT2D eigenvalue weighted by atomic mass is 32.1. The van der Waals surface area contributed by atoms with Crippen molar-refractivity contribution in [2.24, 2.45) is 5.92 Å². The summed E-state index contributed by atoms with van der Waals surface area (Å²) < 4.78 is 5.84. The van der Waals surface area contributed by atoms with E-state index in [0.29, 0.717) is 25.4 Å². The van der Waals surface area contributed by atoms with Crippen molar-refractivity contribution in [1.29, 1.82) is 0 Å². The molecule has 0 spiro atoms. The second-order valence-electron chi connectivity index (χ2n) is 7.14. The molecule has 4 heteroatoms. The van der Waals surface area contributed by atoms with Crippen LogP contribution in [0.25, 0.3) is 0 Å². The number of carbonyl (C=O) groups is 1. The van der Waals surface area contributed by atoms with E-state index in [-0.39, 0.29) is 17.9 Å². The zero-order valence-electron chi connectivity index (χ0n) is 15.4. The molecular formula is C22H28O3S. The van der Waals surface area contributed by atoms with Crippen LogP contribution in [0, 0.1) is 5.92 Å². The molecule has 1 aromatic heterocycles. The number of hydrogen-bond donors (Lipinski definition) is 1. The van der Waals surface area contributed by atoms with E-state index in [1.165, 1.54) is 10.4 Å². The summed E-state index contributed by atoms with van der Waals surface area (Å²) in [7, 11) is 0. The molecule has 0 aliphatic heterocycles. The van der Waals surface area contributed by atoms with Gasteiger partial charge in [0.1, 0.15) is 5.78 Å². The third kappa shape index (κ3) is 4.81. The van der Waals surface area contributed by atoms with Gasteiger partial charge in [-0.3, -0.25) is 4.79 Å². The van der Waals surface area contributed by atoms with Crippen LogP contribution < -0.4 is 0 Å². The van der Waals surface area contributed by atoms with Crippen molar-refractivity contribution < 1.29 is 14.6 Å². The molecule has 3 nitrogen and oxygen atoms in total. The molecule has 26 heavy (non-hydrogen) atoms. The van der Waals surface area contributed by atoms with E-state index in [1.807, 2.05) is 23.6 Å². The molecule has 1 saturated carbocycles. The standard InChI is InChI=1S/C22H28O3S/c1-2-3-6-21(23)17-9-7-16(8-10-17)19-11-12-22(24)20(19)15-25-14-18-5-4-13-26-18/h4-5,7-10,13,19-21,23H,2-3,6,11-12,14-15H2,1H3. The molecule has 1 fully saturated rings. The minimum atomic E-state index is -0.390. The van der Waals surface area contributed by atoms with E-state index in [2.05, 4.69) is 25.1 Å². The molecule has 2 aromatic rings. The van der Waals surface area contributed by atoms with Gasteiger partial charge in [0.15, 0.2) is 0 Å². The minimum Gasteiger partial charge on any atom is -0.388 e. The van der Waals surface area contributed by atoms with Gasteiger partial charge in [-0.05, 0) is 41.3 Å². The second-order valence-corrected chi connectivity index (χ2v) is 8.17. The Bertz CT molecular complexity index is 678. The summed E-state index contributed by atoms with van der Waals surface area (Å²) >= 11 is 1.68. The van der Waals surface area contributed by atoms with Gasteiger partial charge in [-0.1, -0.05) is 50.1 Å². The molecule has 1 aromatic carbocycles. The van der Waals surface area contributed by atoms with E-state index in [1.54, 1.807) is 11.3 Å². The fraction of sp³-hybridized carbons (Fsp3) is 0.500. The Morgan fingerprint density at radius 2 is 2.08 bits per heavy atom. The predicted molar refractivity (Wildman–Crippen MR) is 105 cm³/mol. The average Bonchev–Trinajstić information content (AvgIpc) is 3.30. The van der Waals surface area contributed by atoms with E-state index < -0.39 is 0 Å². The van der Waals surface area contributed by atoms with Crippen molar-refractivity contribution in [3.63, 3.8) is 0 Å². The lowest BCUT2D eigenvalue weighted by molar-refractivity contribution is -0.122. The van der Waals surface area contributed by atoms with Crippen LogP contribution in [0.3, 0.4) is 0 Å². The molecule has 3 rings (SSSR count). The molecule has 1 heterocycles. The number of Topliss-reactive ketones (excluding diaryl/α,β-unsaturated/α-hetero) is 1. The number of rotatable bonds is 9. The lowest BCUT2D eigenvalue weighted by Gasteiger charge is -2.20. The van der Waals surface area contributed by atoms with Crippen LogP contribution in [0.5, 0.6) is 0 Å². The van der Waals surface area contributed by atoms with Crippen molar-refractivity contribution in [3.05, 3.63) is 57.8 Å². The van der Waals surface area contributed by atoms with Gasteiger partial charge in [-0.15, -0.1) is 11.3 Å². The van der Waals surface area contributed by atoms with E-state index in [0.717, 1.165) is 31.2 Å². The fourth-order valence-electron chi connectivity index (χ4n) is 3.73. The van der Waals surface area contributed by atoms with Crippen LogP contribution in [-0.2, 0) is 16.1 Å². The molecule has 0 saturated heterocycles. The first-order valence-electron chi connectivity index (χ1n) is 9.59. The SMILES string of the molecule is CCCCC(O)c1ccc(C2CCC(=O)C2COCc2cccs2)cc1. The van der Waals surface area contributed by atoms with Crippen LogP contribution in [0.4, 0.5) is 0 Å². The molecule has 140 valence electrons. The summed E-state index contributed by atoms with van der Waals surface area (Å²) in [6.45, 7) is 3.20. The highest BCUT2D eigenvalue weighted by molar-refractivity contribution is 7.09. The third-order valence-corrected chi connectivity index (χ3v) is 6.15. The number of hydrogen-bond acceptors (Lipinski definition) is 4. The third-order valence-electron chi connectivity index (χ3n) is 5.30. The molecule has 0 amide bonds. The molecular weight excluding hydrogens is 344 g/mol. The first kappa shape index (κ1) is 19.3. The van der Waals surface area contributed by atoms with Gasteiger partial charge >= 0.3 is 0 Å². The largest absolute Gasteiger partial charge is 0.388 e. The summed E-state index contributed by atoms with van der Waals surface area (Å²) in [5, 5.41) is 12.3. The molecule has 1 aliphatic carbocycles. The second kappa shape index (κ2) is 9.45. The Morgan fingerprint density at radius 3 is 2.77 bits per heavy atom. The van der Waals surface area contributed by atoms with E-state index in [9.17, 15) is 9.90 Å². The Balaban J connectivity index is 1.60. The summed E-state index contributed by atoms with van der Waals surface area (Å²) in [6.07, 6.45) is 4.06. The fourth-order valence-corrected chi connectivity index (χ4v) is 4.37. The molecule has 1 N–H and O–H groups in total. The number of ketones is 1. The molecule has 3 unspecified atom stereocenters. The summed E-state index contributed by atoms with van der Waals surface area (Å²) in [6, 6.07) is 12.3. The van der Waals surface area contributed by atoms with Crippen molar-refractivity contribution >= 4 is 17.1 Å². The number of thiophene rings is 1. The summed E-state index contributed by atoms with van der Waals surface area (Å²) in [5.41, 5.74) is 2.16. The number of benzene rings is 1. The van der Waals surface area contributed by atoms with Gasteiger partial charge in [0.2, 0.25) is 0 Å². The van der Waals surface area contributed by atoms with Gasteiger partial charge in [0, 0.05) is 17.2 Å². The van der Waals surface area contributed by atoms with Gasteiger partial charge in [-0.25, -0.2) is 0 Å². The first-order chi connectivity index (χ1) is 12.7. The van der Waals surface area contributed by atoms with Crippen molar-refractivity contribution in [2.45, 2.75) is 57.7 Å². The maximum absolute atomic E-state index is 12.3. The number of unbranched alkanes of at least 4 members (excludes halogenated alkanes) is 1. The van der Waals surface area contributed by atoms with Gasteiger partial charge < -0.3 is 9.84 Å². The van der Waals surface area contributed by atoms with Crippen molar-refractivity contribution in [1.82, 2.24) is 0 Å². The zero-order valence-corrected chi connectivity index (χ0v) is 16.2. The highest BCUT2D eigenvalue weighted by Gasteiger charge is 2.35. The lowest BCUT2D eigenvalue weighted by Crippen LogP contribution is -2.20. The number of aliphatic hydroxyl groups is 1. The molecule has 0 bridgehead atoms. The van der Waals surface area contributed by atoms with Crippen LogP contribution in [0.2, 0.25) is 0 Å². The topological polar surface area (TPSA) is 46.5 Å². The Morgan fingerprint density at radius 1 is 1.27 bits per heavy atom. The average molecular weight is 373 g/mol. The first-order valence-corrected chi connectivity index (χ1v) is 10.5. The van der Waals surface area contributed by atoms with Crippen molar-refractivity contribution in [3.8, 4) is 0 Å². The van der Waals surface area contributed by atoms with E-state index >= 15 is 0 Å². The van der Waals surface area contributed by atoms with Crippen molar-refractivity contribution in [2.75, 3.05) is 6.61 Å². The van der Waals surface area contributed by atoms with Gasteiger partial charge in [-0.2, -0.15) is 0 Å². The Kier molecular flexibility index (Phi) is 7.00. The maximum Gasteiger partial charge on any atom is 0.138 e. The smallest absolute Gasteiger partial charge is 0.138 e. The summed E-state index contributed by atoms with van der Waals surface area (Å²) in [5.74, 6) is 0.492. The van der Waals surface area contributed by atoms with Crippen LogP contribution in [0.1, 0.15) is 67.1 Å². The number of ether oxygens (including phenoxy) is 1. The zero-order chi connectivity index (χ0) is 18.4. The molecule has 0 radical (unpaired) electrons. The number of aliphatic hydroxyl groups excluding tert-OH is 1. The summed E-state index contributed by atoms with van der Waals surface area (Å²) in [4.78, 5) is 13.5. The Hall–Kier alpha value is -1.49. The van der Waals surface area contributed by atoms with Gasteiger partial charge in [0.25, 0.3) is 0 Å². The highest BCUT2D eigenvalue weighted by Crippen LogP contribution is 2.38. The van der Waals surface area contributed by atoms with Crippen LogP contribution >= 0.6 is 11.3 Å². The quantitative estimate of drug-likeness (QED) is 0.654. The molecule has 1 aliphatic rings. The lowest BCUT2D eigenvalue weighted by atomic mass is 9.88. The van der Waals surface area contributed by atoms with E-state index in [4.69, 9.17) is 4.74 Å². The number of carbonyl (C=O) groups excluding carboxylic acids is 1. The monoisotopic (exact) mass is 372 g/mol. The van der Waals surface area contributed by atoms with Crippen LogP contribution in [0.15, 0.2) is 41.8 Å². The van der Waals surface area contributed by atoms with Crippen LogP contribution in [-0.4, -0.2) is 17.5 Å². The maximum atomic E-state index is 12.3. The minimum absolute atomic E-state index is 0.0502. The predicted octanol–water partition coefficient (Wildman–Crippen LogP) is 5.25. The van der Waals surface area contributed by atoms with Gasteiger partial charge in [0.05, 0.1) is 19.3 Å².